The predicted molar refractivity (Wildman–Crippen MR) is 78.8 cm³/mol. The third-order valence-electron chi connectivity index (χ3n) is 2.76. The number of anilines is 2. The van der Waals surface area contributed by atoms with Gasteiger partial charge in [-0.1, -0.05) is 0 Å². The van der Waals surface area contributed by atoms with Crippen molar-refractivity contribution >= 4 is 23.0 Å². The second-order valence-electron chi connectivity index (χ2n) is 4.23. The summed E-state index contributed by atoms with van der Waals surface area (Å²) in [6, 6.07) is 12.9. The Balaban J connectivity index is 2.06. The molecule has 0 unspecified atom stereocenters. The summed E-state index contributed by atoms with van der Waals surface area (Å²) < 4.78 is 4.90. The van der Waals surface area contributed by atoms with E-state index in [9.17, 15) is 14.9 Å². The number of nitrogens with zero attached hydrogens (tertiary/aromatic N) is 1. The topological polar surface area (TPSA) is 81.5 Å². The van der Waals surface area contributed by atoms with Gasteiger partial charge in [0, 0.05) is 23.5 Å². The molecule has 0 aliphatic carbocycles. The fourth-order valence-corrected chi connectivity index (χ4v) is 1.74. The number of carbonyl (C=O) groups is 1. The molecular formula is C15H14N2O4. The Labute approximate surface area is 121 Å². The molecule has 0 bridgehead atoms. The molecule has 0 heterocycles. The number of hydrogen-bond acceptors (Lipinski definition) is 5. The molecule has 6 heteroatoms. The first kappa shape index (κ1) is 14.5. The van der Waals surface area contributed by atoms with Crippen molar-refractivity contribution in [2.45, 2.75) is 6.92 Å². The lowest BCUT2D eigenvalue weighted by Crippen LogP contribution is -2.04. The molecule has 0 saturated heterocycles. The number of hydrogen-bond donors (Lipinski definition) is 1. The van der Waals surface area contributed by atoms with Crippen molar-refractivity contribution in [2.75, 3.05) is 11.9 Å². The first-order valence-corrected chi connectivity index (χ1v) is 6.39. The van der Waals surface area contributed by atoms with Gasteiger partial charge in [-0.2, -0.15) is 0 Å². The van der Waals surface area contributed by atoms with Crippen molar-refractivity contribution in [3.05, 3.63) is 64.2 Å². The average molecular weight is 286 g/mol. The number of non-ortho nitro benzene ring substituents is 1. The van der Waals surface area contributed by atoms with Crippen molar-refractivity contribution in [2.24, 2.45) is 0 Å². The molecular weight excluding hydrogens is 272 g/mol. The number of esters is 1. The number of ether oxygens (including phenoxy) is 1. The highest BCUT2D eigenvalue weighted by Gasteiger charge is 2.06. The Kier molecular flexibility index (Phi) is 4.50. The maximum atomic E-state index is 11.5. The van der Waals surface area contributed by atoms with Crippen molar-refractivity contribution in [3.8, 4) is 0 Å². The normalized spacial score (nSPS) is 9.95. The molecule has 0 radical (unpaired) electrons. The van der Waals surface area contributed by atoms with Crippen LogP contribution in [0.15, 0.2) is 48.5 Å². The summed E-state index contributed by atoms with van der Waals surface area (Å²) in [7, 11) is 0. The molecule has 0 saturated carbocycles. The second-order valence-corrected chi connectivity index (χ2v) is 4.23. The zero-order chi connectivity index (χ0) is 15.2. The number of carbonyl (C=O) groups excluding carboxylic acids is 1. The molecule has 0 fully saturated rings. The minimum Gasteiger partial charge on any atom is -0.462 e. The third-order valence-corrected chi connectivity index (χ3v) is 2.76. The van der Waals surface area contributed by atoms with Gasteiger partial charge in [-0.3, -0.25) is 10.1 Å². The highest BCUT2D eigenvalue weighted by molar-refractivity contribution is 5.89. The molecule has 2 aromatic rings. The summed E-state index contributed by atoms with van der Waals surface area (Å²) in [6.45, 7) is 2.09. The van der Waals surface area contributed by atoms with Crippen molar-refractivity contribution in [1.29, 1.82) is 0 Å². The molecule has 21 heavy (non-hydrogen) atoms. The minimum atomic E-state index is -0.447. The SMILES string of the molecule is CCOC(=O)c1ccc(Nc2ccc([N+](=O)[O-])cc2)cc1. The van der Waals surface area contributed by atoms with Crippen LogP contribution in [0.25, 0.3) is 0 Å². The fourth-order valence-electron chi connectivity index (χ4n) is 1.74. The Morgan fingerprint density at radius 2 is 1.62 bits per heavy atom. The van der Waals surface area contributed by atoms with E-state index < -0.39 is 4.92 Å². The van der Waals surface area contributed by atoms with Gasteiger partial charge in [0.15, 0.2) is 0 Å². The lowest BCUT2D eigenvalue weighted by atomic mass is 10.2. The number of nitrogens with one attached hydrogen (secondary N) is 1. The predicted octanol–water partition coefficient (Wildman–Crippen LogP) is 3.52. The van der Waals surface area contributed by atoms with Crippen LogP contribution in [0.3, 0.4) is 0 Å². The van der Waals surface area contributed by atoms with Gasteiger partial charge in [-0.05, 0) is 43.3 Å². The standard InChI is InChI=1S/C15H14N2O4/c1-2-21-15(18)11-3-5-12(6-4-11)16-13-7-9-14(10-8-13)17(19)20/h3-10,16H,2H2,1H3. The quantitative estimate of drug-likeness (QED) is 0.516. The number of rotatable bonds is 5. The van der Waals surface area contributed by atoms with E-state index >= 15 is 0 Å². The highest BCUT2D eigenvalue weighted by Crippen LogP contribution is 2.20. The zero-order valence-electron chi connectivity index (χ0n) is 11.4. The second kappa shape index (κ2) is 6.51. The van der Waals surface area contributed by atoms with Crippen LogP contribution in [0, 0.1) is 10.1 Å². The van der Waals surface area contributed by atoms with Crippen molar-refractivity contribution in [1.82, 2.24) is 0 Å². The van der Waals surface area contributed by atoms with Crippen LogP contribution in [0.2, 0.25) is 0 Å². The van der Waals surface area contributed by atoms with Crippen LogP contribution in [0.5, 0.6) is 0 Å². The summed E-state index contributed by atoms with van der Waals surface area (Å²) in [6.07, 6.45) is 0. The van der Waals surface area contributed by atoms with Gasteiger partial charge in [0.2, 0.25) is 0 Å². The van der Waals surface area contributed by atoms with E-state index in [0.29, 0.717) is 12.2 Å². The Bertz CT molecular complexity index is 636. The van der Waals surface area contributed by atoms with Gasteiger partial charge in [-0.15, -0.1) is 0 Å². The van der Waals surface area contributed by atoms with Gasteiger partial charge >= 0.3 is 5.97 Å². The first-order valence-electron chi connectivity index (χ1n) is 6.39. The Hall–Kier alpha value is -2.89. The van der Waals surface area contributed by atoms with Gasteiger partial charge in [0.25, 0.3) is 5.69 Å². The molecule has 0 aromatic heterocycles. The molecule has 2 rings (SSSR count). The third kappa shape index (κ3) is 3.79. The van der Waals surface area contributed by atoms with Gasteiger partial charge in [0.1, 0.15) is 0 Å². The summed E-state index contributed by atoms with van der Waals surface area (Å²) in [5.41, 5.74) is 2.02. The number of benzene rings is 2. The van der Waals surface area contributed by atoms with Crippen molar-refractivity contribution < 1.29 is 14.5 Å². The monoisotopic (exact) mass is 286 g/mol. The van der Waals surface area contributed by atoms with E-state index in [1.54, 1.807) is 43.3 Å². The summed E-state index contributed by atoms with van der Waals surface area (Å²) in [5, 5.41) is 13.7. The van der Waals surface area contributed by atoms with Crippen LogP contribution >= 0.6 is 0 Å². The fraction of sp³-hybridized carbons (Fsp3) is 0.133. The maximum Gasteiger partial charge on any atom is 0.338 e. The van der Waals surface area contributed by atoms with E-state index in [4.69, 9.17) is 4.74 Å². The van der Waals surface area contributed by atoms with Gasteiger partial charge in [-0.25, -0.2) is 4.79 Å². The highest BCUT2D eigenvalue weighted by atomic mass is 16.6. The zero-order valence-corrected chi connectivity index (χ0v) is 11.4. The van der Waals surface area contributed by atoms with E-state index in [-0.39, 0.29) is 11.7 Å². The van der Waals surface area contributed by atoms with Crippen LogP contribution in [-0.2, 0) is 4.74 Å². The number of nitro benzene ring substituents is 1. The van der Waals surface area contributed by atoms with E-state index in [1.807, 2.05) is 0 Å². The largest absolute Gasteiger partial charge is 0.462 e. The molecule has 0 aliphatic heterocycles. The van der Waals surface area contributed by atoms with Crippen LogP contribution in [-0.4, -0.2) is 17.5 Å². The molecule has 6 nitrogen and oxygen atoms in total. The first-order chi connectivity index (χ1) is 10.1. The molecule has 2 aromatic carbocycles. The number of nitro groups is 1. The van der Waals surface area contributed by atoms with Crippen LogP contribution in [0.4, 0.5) is 17.1 Å². The molecule has 1 N–H and O–H groups in total. The minimum absolute atomic E-state index is 0.0400. The molecule has 108 valence electrons. The van der Waals surface area contributed by atoms with Crippen LogP contribution < -0.4 is 5.32 Å². The van der Waals surface area contributed by atoms with Gasteiger partial charge in [0.05, 0.1) is 17.1 Å². The molecule has 0 spiro atoms. The lowest BCUT2D eigenvalue weighted by Gasteiger charge is -2.07. The lowest BCUT2D eigenvalue weighted by molar-refractivity contribution is -0.384. The Morgan fingerprint density at radius 3 is 2.10 bits per heavy atom. The van der Waals surface area contributed by atoms with Gasteiger partial charge < -0.3 is 10.1 Å². The maximum absolute atomic E-state index is 11.5. The molecule has 0 atom stereocenters. The Morgan fingerprint density at radius 1 is 1.10 bits per heavy atom. The summed E-state index contributed by atoms with van der Waals surface area (Å²) in [5.74, 6) is -0.362. The van der Waals surface area contributed by atoms with E-state index in [0.717, 1.165) is 11.4 Å². The summed E-state index contributed by atoms with van der Waals surface area (Å²) in [4.78, 5) is 21.6. The summed E-state index contributed by atoms with van der Waals surface area (Å²) >= 11 is 0. The average Bonchev–Trinajstić information content (AvgIpc) is 2.49. The molecule has 0 aliphatic rings. The van der Waals surface area contributed by atoms with Crippen LogP contribution in [0.1, 0.15) is 17.3 Å². The van der Waals surface area contributed by atoms with E-state index in [2.05, 4.69) is 5.32 Å². The smallest absolute Gasteiger partial charge is 0.338 e. The van der Waals surface area contributed by atoms with Crippen molar-refractivity contribution in [3.63, 3.8) is 0 Å². The molecule has 0 amide bonds. The van der Waals surface area contributed by atoms with E-state index in [1.165, 1.54) is 12.1 Å².